The normalized spacial score (nSPS) is 15.7. The Morgan fingerprint density at radius 2 is 1.90 bits per heavy atom. The van der Waals surface area contributed by atoms with Crippen LogP contribution >= 0.6 is 24.2 Å². The molecule has 3 nitrogen and oxygen atoms in total. The average molecular weight is 323 g/mol. The molecule has 112 valence electrons. The highest BCUT2D eigenvalue weighted by molar-refractivity contribution is 7.99. The number of halogens is 3. The van der Waals surface area contributed by atoms with Gasteiger partial charge in [0.1, 0.15) is 0 Å². The molecule has 0 atom stereocenters. The first-order chi connectivity index (χ1) is 9.16. The lowest BCUT2D eigenvalue weighted by Crippen LogP contribution is -2.34. The second-order valence-electron chi connectivity index (χ2n) is 4.30. The van der Waals surface area contributed by atoms with E-state index in [1.165, 1.54) is 0 Å². The van der Waals surface area contributed by atoms with E-state index in [1.54, 1.807) is 29.2 Å². The fourth-order valence-electron chi connectivity index (χ4n) is 2.01. The van der Waals surface area contributed by atoms with Gasteiger partial charge in [-0.2, -0.15) is 8.78 Å². The number of carbonyl (C=O) groups is 1. The molecule has 1 aromatic rings. The summed E-state index contributed by atoms with van der Waals surface area (Å²) in [5, 5.41) is 3.23. The Morgan fingerprint density at radius 1 is 1.20 bits per heavy atom. The molecule has 0 radical (unpaired) electrons. The molecule has 1 amide bonds. The third-order valence-corrected chi connectivity index (χ3v) is 3.68. The number of benzene rings is 1. The van der Waals surface area contributed by atoms with Crippen LogP contribution in [0.3, 0.4) is 0 Å². The summed E-state index contributed by atoms with van der Waals surface area (Å²) in [6.07, 6.45) is 0.936. The number of thioether (sulfide) groups is 1. The molecule has 1 aliphatic heterocycles. The van der Waals surface area contributed by atoms with Crippen molar-refractivity contribution in [2.45, 2.75) is 17.1 Å². The number of nitrogens with zero attached hydrogens (tertiary/aromatic N) is 1. The lowest BCUT2D eigenvalue weighted by atomic mass is 10.2. The highest BCUT2D eigenvalue weighted by Gasteiger charge is 2.17. The van der Waals surface area contributed by atoms with Crippen LogP contribution in [0.25, 0.3) is 0 Å². The monoisotopic (exact) mass is 322 g/mol. The Labute approximate surface area is 127 Å². The molecule has 0 spiro atoms. The third kappa shape index (κ3) is 4.92. The predicted octanol–water partition coefficient (Wildman–Crippen LogP) is 2.86. The van der Waals surface area contributed by atoms with Crippen molar-refractivity contribution in [3.05, 3.63) is 29.8 Å². The van der Waals surface area contributed by atoms with E-state index in [-0.39, 0.29) is 18.3 Å². The van der Waals surface area contributed by atoms with Gasteiger partial charge in [0.2, 0.25) is 0 Å². The molecule has 0 bridgehead atoms. The van der Waals surface area contributed by atoms with Gasteiger partial charge in [0.25, 0.3) is 11.7 Å². The molecule has 1 saturated heterocycles. The molecule has 1 aromatic carbocycles. The molecule has 0 saturated carbocycles. The summed E-state index contributed by atoms with van der Waals surface area (Å²) in [5.41, 5.74) is 0.556. The molecule has 1 aliphatic rings. The topological polar surface area (TPSA) is 32.3 Å². The molecule has 0 unspecified atom stereocenters. The maximum absolute atomic E-state index is 12.2. The van der Waals surface area contributed by atoms with Gasteiger partial charge in [-0.3, -0.25) is 4.79 Å². The molecule has 20 heavy (non-hydrogen) atoms. The second kappa shape index (κ2) is 8.44. The lowest BCUT2D eigenvalue weighted by Gasteiger charge is -2.20. The summed E-state index contributed by atoms with van der Waals surface area (Å²) in [7, 11) is 0. The maximum Gasteiger partial charge on any atom is 0.288 e. The van der Waals surface area contributed by atoms with Gasteiger partial charge in [0.15, 0.2) is 0 Å². The average Bonchev–Trinajstić information content (AvgIpc) is 2.67. The first kappa shape index (κ1) is 17.2. The van der Waals surface area contributed by atoms with E-state index in [0.29, 0.717) is 28.8 Å². The minimum Gasteiger partial charge on any atom is -0.337 e. The minimum atomic E-state index is -2.43. The van der Waals surface area contributed by atoms with Gasteiger partial charge in [-0.1, -0.05) is 11.8 Å². The Bertz CT molecular complexity index is 423. The Kier molecular flexibility index (Phi) is 7.26. The van der Waals surface area contributed by atoms with Crippen LogP contribution < -0.4 is 5.32 Å². The zero-order chi connectivity index (χ0) is 13.7. The standard InChI is InChI=1S/C13H16F2N2OS.ClH/c14-13(15)19-11-4-2-10(3-5-11)12(18)17-8-1-6-16-7-9-17;/h2-5,13,16H,1,6-9H2;1H. The molecule has 1 heterocycles. The van der Waals surface area contributed by atoms with Crippen molar-refractivity contribution in [2.75, 3.05) is 26.2 Å². The van der Waals surface area contributed by atoms with Crippen molar-refractivity contribution >= 4 is 30.1 Å². The molecule has 1 N–H and O–H groups in total. The van der Waals surface area contributed by atoms with E-state index in [4.69, 9.17) is 0 Å². The van der Waals surface area contributed by atoms with Gasteiger partial charge in [0.05, 0.1) is 0 Å². The van der Waals surface area contributed by atoms with Crippen molar-refractivity contribution in [1.29, 1.82) is 0 Å². The van der Waals surface area contributed by atoms with E-state index in [1.807, 2.05) is 0 Å². The minimum absolute atomic E-state index is 0. The van der Waals surface area contributed by atoms with Gasteiger partial charge in [-0.05, 0) is 37.2 Å². The molecule has 1 fully saturated rings. The molecule has 0 aliphatic carbocycles. The Balaban J connectivity index is 0.00000200. The molecular weight excluding hydrogens is 306 g/mol. The summed E-state index contributed by atoms with van der Waals surface area (Å²) in [4.78, 5) is 14.5. The summed E-state index contributed by atoms with van der Waals surface area (Å²) >= 11 is 0.490. The Morgan fingerprint density at radius 3 is 2.55 bits per heavy atom. The number of rotatable bonds is 3. The summed E-state index contributed by atoms with van der Waals surface area (Å²) < 4.78 is 24.4. The first-order valence-corrected chi connectivity index (χ1v) is 7.09. The fourth-order valence-corrected chi connectivity index (χ4v) is 2.51. The van der Waals surface area contributed by atoms with E-state index in [2.05, 4.69) is 5.32 Å². The van der Waals surface area contributed by atoms with E-state index in [0.717, 1.165) is 26.1 Å². The lowest BCUT2D eigenvalue weighted by molar-refractivity contribution is 0.0766. The third-order valence-electron chi connectivity index (χ3n) is 2.95. The van der Waals surface area contributed by atoms with Crippen molar-refractivity contribution in [3.63, 3.8) is 0 Å². The molecule has 7 heteroatoms. The number of nitrogens with one attached hydrogen (secondary N) is 1. The summed E-state index contributed by atoms with van der Waals surface area (Å²) in [5.74, 6) is -2.46. The van der Waals surface area contributed by atoms with Crippen LogP contribution in [0.2, 0.25) is 0 Å². The van der Waals surface area contributed by atoms with Crippen LogP contribution in [0.5, 0.6) is 0 Å². The molecule has 0 aromatic heterocycles. The largest absolute Gasteiger partial charge is 0.337 e. The number of alkyl halides is 2. The zero-order valence-corrected chi connectivity index (χ0v) is 12.5. The van der Waals surface area contributed by atoms with Gasteiger partial charge < -0.3 is 10.2 Å². The molecular formula is C13H17ClF2N2OS. The van der Waals surface area contributed by atoms with Crippen LogP contribution in [0, 0.1) is 0 Å². The fraction of sp³-hybridized carbons (Fsp3) is 0.462. The van der Waals surface area contributed by atoms with Crippen LogP contribution in [-0.2, 0) is 0 Å². The van der Waals surface area contributed by atoms with Crippen molar-refractivity contribution < 1.29 is 13.6 Å². The van der Waals surface area contributed by atoms with Crippen molar-refractivity contribution in [3.8, 4) is 0 Å². The van der Waals surface area contributed by atoms with Gasteiger partial charge in [0, 0.05) is 30.1 Å². The second-order valence-corrected chi connectivity index (χ2v) is 5.36. The maximum atomic E-state index is 12.2. The number of hydrogen-bond acceptors (Lipinski definition) is 3. The van der Waals surface area contributed by atoms with E-state index in [9.17, 15) is 13.6 Å². The van der Waals surface area contributed by atoms with Crippen LogP contribution in [0.15, 0.2) is 29.2 Å². The zero-order valence-electron chi connectivity index (χ0n) is 10.9. The number of carbonyl (C=O) groups excluding carboxylic acids is 1. The quantitative estimate of drug-likeness (QED) is 0.869. The van der Waals surface area contributed by atoms with E-state index < -0.39 is 5.76 Å². The van der Waals surface area contributed by atoms with Crippen LogP contribution in [-0.4, -0.2) is 42.7 Å². The van der Waals surface area contributed by atoms with Crippen LogP contribution in [0.4, 0.5) is 8.78 Å². The van der Waals surface area contributed by atoms with Crippen molar-refractivity contribution in [2.24, 2.45) is 0 Å². The highest BCUT2D eigenvalue weighted by Crippen LogP contribution is 2.25. The van der Waals surface area contributed by atoms with Gasteiger partial charge >= 0.3 is 0 Å². The summed E-state index contributed by atoms with van der Waals surface area (Å²) in [6, 6.07) is 6.37. The Hall–Kier alpha value is -0.850. The predicted molar refractivity (Wildman–Crippen MR) is 78.9 cm³/mol. The van der Waals surface area contributed by atoms with E-state index >= 15 is 0 Å². The van der Waals surface area contributed by atoms with Gasteiger partial charge in [-0.15, -0.1) is 12.4 Å². The van der Waals surface area contributed by atoms with Gasteiger partial charge in [-0.25, -0.2) is 0 Å². The van der Waals surface area contributed by atoms with Crippen LogP contribution in [0.1, 0.15) is 16.8 Å². The smallest absolute Gasteiger partial charge is 0.288 e. The molecule has 2 rings (SSSR count). The first-order valence-electron chi connectivity index (χ1n) is 6.21. The summed E-state index contributed by atoms with van der Waals surface area (Å²) in [6.45, 7) is 3.14. The number of amides is 1. The number of hydrogen-bond donors (Lipinski definition) is 1. The van der Waals surface area contributed by atoms with Crippen molar-refractivity contribution in [1.82, 2.24) is 10.2 Å². The SMILES string of the molecule is Cl.O=C(c1ccc(SC(F)F)cc1)N1CCCNCC1. The highest BCUT2D eigenvalue weighted by atomic mass is 35.5.